The number of likely N-dealkylation sites (N-methyl/N-ethyl adjacent to an activating group) is 1. The van der Waals surface area contributed by atoms with E-state index in [1.165, 1.54) is 0 Å². The zero-order valence-electron chi connectivity index (χ0n) is 16.5. The van der Waals surface area contributed by atoms with Gasteiger partial charge in [-0.2, -0.15) is 0 Å². The summed E-state index contributed by atoms with van der Waals surface area (Å²) in [5, 5.41) is 2.68. The lowest BCUT2D eigenvalue weighted by atomic mass is 10.1. The highest BCUT2D eigenvalue weighted by Crippen LogP contribution is 2.17. The number of nitrogens with one attached hydrogen (secondary N) is 1. The van der Waals surface area contributed by atoms with Gasteiger partial charge >= 0.3 is 0 Å². The van der Waals surface area contributed by atoms with Crippen LogP contribution >= 0.6 is 0 Å². The fourth-order valence-corrected chi connectivity index (χ4v) is 3.11. The minimum absolute atomic E-state index is 0.0721. The molecular weight excluding hydrogens is 340 g/mol. The normalized spacial score (nSPS) is 11.6. The van der Waals surface area contributed by atoms with Crippen molar-refractivity contribution < 1.29 is 14.3 Å². The van der Waals surface area contributed by atoms with Gasteiger partial charge < -0.3 is 15.0 Å². The van der Waals surface area contributed by atoms with E-state index in [0.29, 0.717) is 13.0 Å². The van der Waals surface area contributed by atoms with Crippen molar-refractivity contribution in [3.8, 4) is 5.75 Å². The van der Waals surface area contributed by atoms with Crippen molar-refractivity contribution in [3.63, 3.8) is 0 Å². The number of carbonyl (C=O) groups excluding carboxylic acids is 2. The first-order valence-electron chi connectivity index (χ1n) is 9.18. The minimum Gasteiger partial charge on any atom is -0.497 e. The van der Waals surface area contributed by atoms with Crippen molar-refractivity contribution in [2.45, 2.75) is 39.3 Å². The third kappa shape index (κ3) is 5.58. The van der Waals surface area contributed by atoms with Gasteiger partial charge in [0, 0.05) is 13.6 Å². The lowest BCUT2D eigenvalue weighted by molar-refractivity contribution is -0.140. The van der Waals surface area contributed by atoms with Crippen LogP contribution in [0, 0.1) is 6.92 Å². The molecule has 0 aliphatic rings. The third-order valence-electron chi connectivity index (χ3n) is 4.58. The Bertz CT molecular complexity index is 771. The summed E-state index contributed by atoms with van der Waals surface area (Å²) in [6.07, 6.45) is 0.795. The molecule has 2 aromatic rings. The van der Waals surface area contributed by atoms with E-state index >= 15 is 0 Å². The molecule has 1 N–H and O–H groups in total. The van der Waals surface area contributed by atoms with Gasteiger partial charge in [0.05, 0.1) is 13.5 Å². The van der Waals surface area contributed by atoms with E-state index in [4.69, 9.17) is 4.74 Å². The highest BCUT2D eigenvalue weighted by Gasteiger charge is 2.28. The summed E-state index contributed by atoms with van der Waals surface area (Å²) < 4.78 is 5.17. The maximum absolute atomic E-state index is 13.1. The first-order chi connectivity index (χ1) is 13.0. The lowest BCUT2D eigenvalue weighted by Gasteiger charge is -2.30. The molecule has 0 heterocycles. The summed E-state index contributed by atoms with van der Waals surface area (Å²) in [4.78, 5) is 27.1. The predicted octanol–water partition coefficient (Wildman–Crippen LogP) is 3.10. The average Bonchev–Trinajstić information content (AvgIpc) is 2.68. The fourth-order valence-electron chi connectivity index (χ4n) is 3.11. The average molecular weight is 368 g/mol. The van der Waals surface area contributed by atoms with Crippen molar-refractivity contribution in [2.75, 3.05) is 14.2 Å². The van der Waals surface area contributed by atoms with Gasteiger partial charge in [0.2, 0.25) is 11.8 Å². The molecule has 2 rings (SSSR count). The summed E-state index contributed by atoms with van der Waals surface area (Å²) in [6.45, 7) is 4.34. The molecule has 0 saturated carbocycles. The van der Waals surface area contributed by atoms with Crippen molar-refractivity contribution in [1.29, 1.82) is 0 Å². The number of hydrogen-bond acceptors (Lipinski definition) is 3. The fraction of sp³-hybridized carbons (Fsp3) is 0.364. The van der Waals surface area contributed by atoms with Crippen LogP contribution in [-0.4, -0.2) is 36.9 Å². The summed E-state index contributed by atoms with van der Waals surface area (Å²) >= 11 is 0. The Morgan fingerprint density at radius 3 is 2.37 bits per heavy atom. The van der Waals surface area contributed by atoms with Gasteiger partial charge in [-0.15, -0.1) is 0 Å². The largest absolute Gasteiger partial charge is 0.497 e. The summed E-state index contributed by atoms with van der Waals surface area (Å²) in [5.74, 6) is 0.532. The Kier molecular flexibility index (Phi) is 7.41. The topological polar surface area (TPSA) is 58.6 Å². The number of aryl methyl sites for hydroxylation is 1. The Morgan fingerprint density at radius 1 is 1.11 bits per heavy atom. The summed E-state index contributed by atoms with van der Waals surface area (Å²) in [7, 11) is 3.21. The van der Waals surface area contributed by atoms with E-state index in [0.717, 1.165) is 22.4 Å². The van der Waals surface area contributed by atoms with Gasteiger partial charge in [0.25, 0.3) is 0 Å². The van der Waals surface area contributed by atoms with E-state index in [-0.39, 0.29) is 18.2 Å². The molecular formula is C22H28N2O3. The van der Waals surface area contributed by atoms with Crippen molar-refractivity contribution in [3.05, 3.63) is 65.2 Å². The number of benzene rings is 2. The molecule has 0 aromatic heterocycles. The molecule has 0 aliphatic carbocycles. The molecule has 0 fully saturated rings. The molecule has 2 aromatic carbocycles. The van der Waals surface area contributed by atoms with Crippen LogP contribution in [0.1, 0.15) is 30.0 Å². The highest BCUT2D eigenvalue weighted by molar-refractivity contribution is 5.88. The Balaban J connectivity index is 2.25. The number of methoxy groups -OCH3 is 1. The van der Waals surface area contributed by atoms with Crippen LogP contribution in [0.3, 0.4) is 0 Å². The van der Waals surface area contributed by atoms with Gasteiger partial charge in [-0.3, -0.25) is 9.59 Å². The number of hydrogen-bond donors (Lipinski definition) is 1. The number of nitrogens with zero attached hydrogens (tertiary/aromatic N) is 1. The van der Waals surface area contributed by atoms with E-state index in [1.54, 1.807) is 19.1 Å². The molecule has 0 unspecified atom stereocenters. The molecule has 27 heavy (non-hydrogen) atoms. The van der Waals surface area contributed by atoms with Crippen molar-refractivity contribution >= 4 is 11.8 Å². The molecule has 0 spiro atoms. The zero-order valence-corrected chi connectivity index (χ0v) is 16.5. The van der Waals surface area contributed by atoms with Crippen LogP contribution in [0.5, 0.6) is 5.75 Å². The zero-order chi connectivity index (χ0) is 19.8. The quantitative estimate of drug-likeness (QED) is 0.779. The molecule has 5 heteroatoms. The third-order valence-corrected chi connectivity index (χ3v) is 4.58. The van der Waals surface area contributed by atoms with Crippen LogP contribution < -0.4 is 10.1 Å². The maximum atomic E-state index is 13.1. The molecule has 2 amide bonds. The molecule has 0 radical (unpaired) electrons. The van der Waals surface area contributed by atoms with E-state index in [2.05, 4.69) is 5.32 Å². The summed E-state index contributed by atoms with van der Waals surface area (Å²) in [5.41, 5.74) is 3.03. The number of ether oxygens (including phenoxy) is 1. The smallest absolute Gasteiger partial charge is 0.242 e. The van der Waals surface area contributed by atoms with Gasteiger partial charge in [-0.1, -0.05) is 48.9 Å². The second-order valence-electron chi connectivity index (χ2n) is 6.57. The monoisotopic (exact) mass is 368 g/mol. The standard InChI is InChI=1S/C22H28N2O3/c1-5-20(22(26)23-3)24(15-18-8-6-7-16(2)13-18)21(25)14-17-9-11-19(27-4)12-10-17/h6-13,20H,5,14-15H2,1-4H3,(H,23,26)/t20-/m1/s1. The first-order valence-corrected chi connectivity index (χ1v) is 9.18. The summed E-state index contributed by atoms with van der Waals surface area (Å²) in [6, 6.07) is 14.9. The molecule has 0 aliphatic heterocycles. The molecule has 0 saturated heterocycles. The highest BCUT2D eigenvalue weighted by atomic mass is 16.5. The van der Waals surface area contributed by atoms with Crippen LogP contribution in [0.15, 0.2) is 48.5 Å². The second kappa shape index (κ2) is 9.76. The molecule has 5 nitrogen and oxygen atoms in total. The van der Waals surface area contributed by atoms with Crippen LogP contribution in [0.2, 0.25) is 0 Å². The Labute approximate surface area is 161 Å². The molecule has 1 atom stereocenters. The first kappa shape index (κ1) is 20.5. The minimum atomic E-state index is -0.499. The molecule has 0 bridgehead atoms. The number of rotatable bonds is 8. The second-order valence-corrected chi connectivity index (χ2v) is 6.57. The van der Waals surface area contributed by atoms with Gasteiger partial charge in [0.1, 0.15) is 11.8 Å². The maximum Gasteiger partial charge on any atom is 0.242 e. The SMILES string of the molecule is CC[C@H](C(=O)NC)N(Cc1cccc(C)c1)C(=O)Cc1ccc(OC)cc1. The van der Waals surface area contributed by atoms with E-state index in [9.17, 15) is 9.59 Å². The number of amides is 2. The Morgan fingerprint density at radius 2 is 1.81 bits per heavy atom. The van der Waals surface area contributed by atoms with Gasteiger partial charge in [-0.05, 0) is 36.6 Å². The number of carbonyl (C=O) groups is 2. The van der Waals surface area contributed by atoms with Crippen LogP contribution in [0.4, 0.5) is 0 Å². The Hall–Kier alpha value is -2.82. The van der Waals surface area contributed by atoms with Crippen LogP contribution in [0.25, 0.3) is 0 Å². The lowest BCUT2D eigenvalue weighted by Crippen LogP contribution is -2.48. The van der Waals surface area contributed by atoms with E-state index < -0.39 is 6.04 Å². The van der Waals surface area contributed by atoms with E-state index in [1.807, 2.05) is 62.4 Å². The van der Waals surface area contributed by atoms with Gasteiger partial charge in [-0.25, -0.2) is 0 Å². The van der Waals surface area contributed by atoms with Crippen molar-refractivity contribution in [2.24, 2.45) is 0 Å². The predicted molar refractivity (Wildman–Crippen MR) is 107 cm³/mol. The van der Waals surface area contributed by atoms with Gasteiger partial charge in [0.15, 0.2) is 0 Å². The van der Waals surface area contributed by atoms with Crippen molar-refractivity contribution in [1.82, 2.24) is 10.2 Å². The van der Waals surface area contributed by atoms with Crippen LogP contribution in [-0.2, 0) is 22.6 Å². The molecule has 144 valence electrons.